The van der Waals surface area contributed by atoms with Gasteiger partial charge in [0.15, 0.2) is 0 Å². The van der Waals surface area contributed by atoms with Crippen molar-refractivity contribution < 1.29 is 18.7 Å². The SMILES string of the molecule is COC(=O)CC/C(C)=C/COc1ccc(C)cc1Cc1ccc(-c2ccco2)cc1. The molecule has 156 valence electrons. The fourth-order valence-electron chi connectivity index (χ4n) is 3.21. The molecule has 0 fully saturated rings. The van der Waals surface area contributed by atoms with Crippen LogP contribution in [-0.4, -0.2) is 19.7 Å². The second kappa shape index (κ2) is 10.5. The number of carbonyl (C=O) groups excluding carboxylic acids is 1. The van der Waals surface area contributed by atoms with Gasteiger partial charge in [0.2, 0.25) is 0 Å². The third kappa shape index (κ3) is 6.11. The molecular formula is C26H28O4. The monoisotopic (exact) mass is 404 g/mol. The number of hydrogen-bond donors (Lipinski definition) is 0. The van der Waals surface area contributed by atoms with Gasteiger partial charge in [-0.05, 0) is 55.7 Å². The number of aryl methyl sites for hydroxylation is 1. The maximum Gasteiger partial charge on any atom is 0.305 e. The Morgan fingerprint density at radius 2 is 1.87 bits per heavy atom. The van der Waals surface area contributed by atoms with E-state index >= 15 is 0 Å². The van der Waals surface area contributed by atoms with Crippen molar-refractivity contribution in [2.75, 3.05) is 13.7 Å². The molecule has 0 spiro atoms. The lowest BCUT2D eigenvalue weighted by atomic mass is 10.0. The van der Waals surface area contributed by atoms with Gasteiger partial charge in [-0.15, -0.1) is 0 Å². The highest BCUT2D eigenvalue weighted by atomic mass is 16.5. The van der Waals surface area contributed by atoms with Crippen molar-refractivity contribution in [2.45, 2.75) is 33.1 Å². The minimum Gasteiger partial charge on any atom is -0.489 e. The first-order valence-electron chi connectivity index (χ1n) is 10.1. The molecule has 0 saturated heterocycles. The molecule has 2 aromatic carbocycles. The van der Waals surface area contributed by atoms with Gasteiger partial charge in [0.05, 0.1) is 13.4 Å². The van der Waals surface area contributed by atoms with Gasteiger partial charge in [-0.2, -0.15) is 0 Å². The summed E-state index contributed by atoms with van der Waals surface area (Å²) < 4.78 is 16.2. The van der Waals surface area contributed by atoms with Crippen molar-refractivity contribution in [3.05, 3.63) is 89.2 Å². The summed E-state index contributed by atoms with van der Waals surface area (Å²) in [6.45, 7) is 4.56. The number of carbonyl (C=O) groups is 1. The molecule has 4 nitrogen and oxygen atoms in total. The van der Waals surface area contributed by atoms with Crippen LogP contribution in [0.15, 0.2) is 76.9 Å². The van der Waals surface area contributed by atoms with Gasteiger partial charge in [-0.3, -0.25) is 4.79 Å². The van der Waals surface area contributed by atoms with E-state index in [1.165, 1.54) is 18.2 Å². The quantitative estimate of drug-likeness (QED) is 0.318. The highest BCUT2D eigenvalue weighted by molar-refractivity contribution is 5.69. The molecule has 1 heterocycles. The lowest BCUT2D eigenvalue weighted by Gasteiger charge is -2.12. The van der Waals surface area contributed by atoms with E-state index < -0.39 is 0 Å². The zero-order chi connectivity index (χ0) is 21.3. The molecule has 0 N–H and O–H groups in total. The van der Waals surface area contributed by atoms with Gasteiger partial charge >= 0.3 is 5.97 Å². The maximum absolute atomic E-state index is 11.3. The molecule has 0 radical (unpaired) electrons. The second-order valence-electron chi connectivity index (χ2n) is 7.40. The highest BCUT2D eigenvalue weighted by Gasteiger charge is 2.07. The number of esters is 1. The average molecular weight is 405 g/mol. The first-order valence-corrected chi connectivity index (χ1v) is 10.1. The van der Waals surface area contributed by atoms with Crippen molar-refractivity contribution in [3.63, 3.8) is 0 Å². The van der Waals surface area contributed by atoms with Crippen LogP contribution in [0.3, 0.4) is 0 Å². The number of benzene rings is 2. The molecule has 4 heteroatoms. The summed E-state index contributed by atoms with van der Waals surface area (Å²) in [5.74, 6) is 1.56. The zero-order valence-electron chi connectivity index (χ0n) is 17.8. The summed E-state index contributed by atoms with van der Waals surface area (Å²) in [7, 11) is 1.41. The Labute approximate surface area is 178 Å². The molecule has 0 aliphatic carbocycles. The van der Waals surface area contributed by atoms with Crippen LogP contribution in [0.4, 0.5) is 0 Å². The Hall–Kier alpha value is -3.27. The fraction of sp³-hybridized carbons (Fsp3) is 0.269. The highest BCUT2D eigenvalue weighted by Crippen LogP contribution is 2.25. The number of hydrogen-bond acceptors (Lipinski definition) is 4. The van der Waals surface area contributed by atoms with Crippen LogP contribution in [0, 0.1) is 6.92 Å². The van der Waals surface area contributed by atoms with Crippen LogP contribution in [0.5, 0.6) is 5.75 Å². The Kier molecular flexibility index (Phi) is 7.50. The topological polar surface area (TPSA) is 48.7 Å². The van der Waals surface area contributed by atoms with Crippen molar-refractivity contribution >= 4 is 5.97 Å². The lowest BCUT2D eigenvalue weighted by molar-refractivity contribution is -0.140. The molecule has 0 aliphatic rings. The molecule has 0 atom stereocenters. The Morgan fingerprint density at radius 3 is 2.57 bits per heavy atom. The van der Waals surface area contributed by atoms with E-state index in [1.54, 1.807) is 6.26 Å². The van der Waals surface area contributed by atoms with Crippen LogP contribution < -0.4 is 4.74 Å². The number of methoxy groups -OCH3 is 1. The first kappa shape index (κ1) is 21.4. The molecular weight excluding hydrogens is 376 g/mol. The molecule has 0 unspecified atom stereocenters. The predicted octanol–water partition coefficient (Wildman–Crippen LogP) is 6.12. The predicted molar refractivity (Wildman–Crippen MR) is 119 cm³/mol. The standard InChI is InChI=1S/C26H28O4/c1-19(7-13-26(27)28-3)14-16-30-25-12-6-20(2)17-23(25)18-21-8-10-22(11-9-21)24-5-4-15-29-24/h4-6,8-12,14-15,17H,7,13,16,18H2,1-3H3/b19-14+. The Morgan fingerprint density at radius 1 is 1.07 bits per heavy atom. The fourth-order valence-corrected chi connectivity index (χ4v) is 3.21. The zero-order valence-corrected chi connectivity index (χ0v) is 17.8. The smallest absolute Gasteiger partial charge is 0.305 e. The van der Waals surface area contributed by atoms with Gasteiger partial charge in [-0.25, -0.2) is 0 Å². The van der Waals surface area contributed by atoms with Crippen LogP contribution >= 0.6 is 0 Å². The molecule has 0 saturated carbocycles. The number of allylic oxidation sites excluding steroid dienone is 1. The van der Waals surface area contributed by atoms with Crippen LogP contribution in [0.25, 0.3) is 11.3 Å². The van der Waals surface area contributed by atoms with E-state index in [0.29, 0.717) is 19.4 Å². The maximum atomic E-state index is 11.3. The van der Waals surface area contributed by atoms with Gasteiger partial charge in [0, 0.05) is 18.4 Å². The molecule has 0 aliphatic heterocycles. The summed E-state index contributed by atoms with van der Waals surface area (Å²) >= 11 is 0. The second-order valence-corrected chi connectivity index (χ2v) is 7.40. The molecule has 3 rings (SSSR count). The number of ether oxygens (including phenoxy) is 2. The molecule has 1 aromatic heterocycles. The Bertz CT molecular complexity index is 982. The van der Waals surface area contributed by atoms with Crippen molar-refractivity contribution in [3.8, 4) is 17.1 Å². The van der Waals surface area contributed by atoms with Crippen LogP contribution in [0.1, 0.15) is 36.5 Å². The minimum atomic E-state index is -0.192. The molecule has 3 aromatic rings. The van der Waals surface area contributed by atoms with E-state index in [1.807, 2.05) is 31.2 Å². The third-order valence-corrected chi connectivity index (χ3v) is 4.99. The van der Waals surface area contributed by atoms with Gasteiger partial charge in [0.25, 0.3) is 0 Å². The summed E-state index contributed by atoms with van der Waals surface area (Å²) in [6.07, 6.45) is 5.57. The van der Waals surface area contributed by atoms with Gasteiger partial charge < -0.3 is 13.9 Å². The van der Waals surface area contributed by atoms with Crippen molar-refractivity contribution in [1.29, 1.82) is 0 Å². The van der Waals surface area contributed by atoms with Crippen LogP contribution in [-0.2, 0) is 16.0 Å². The van der Waals surface area contributed by atoms with Gasteiger partial charge in [-0.1, -0.05) is 47.5 Å². The molecule has 0 amide bonds. The summed E-state index contributed by atoms with van der Waals surface area (Å²) in [5.41, 5.74) is 5.75. The van der Waals surface area contributed by atoms with E-state index in [2.05, 4.69) is 48.1 Å². The van der Waals surface area contributed by atoms with E-state index in [4.69, 9.17) is 9.15 Å². The van der Waals surface area contributed by atoms with Gasteiger partial charge in [0.1, 0.15) is 18.1 Å². The third-order valence-electron chi connectivity index (χ3n) is 4.99. The number of furan rings is 1. The average Bonchev–Trinajstić information content (AvgIpc) is 3.29. The summed E-state index contributed by atoms with van der Waals surface area (Å²) in [5, 5.41) is 0. The summed E-state index contributed by atoms with van der Waals surface area (Å²) in [6, 6.07) is 18.5. The lowest BCUT2D eigenvalue weighted by Crippen LogP contribution is -2.02. The number of rotatable bonds is 9. The van der Waals surface area contributed by atoms with Crippen molar-refractivity contribution in [2.24, 2.45) is 0 Å². The largest absolute Gasteiger partial charge is 0.489 e. The molecule has 30 heavy (non-hydrogen) atoms. The van der Waals surface area contributed by atoms with E-state index in [9.17, 15) is 4.79 Å². The Balaban J connectivity index is 1.64. The minimum absolute atomic E-state index is 0.192. The first-order chi connectivity index (χ1) is 14.5. The van der Waals surface area contributed by atoms with Crippen molar-refractivity contribution in [1.82, 2.24) is 0 Å². The van der Waals surface area contributed by atoms with E-state index in [0.717, 1.165) is 34.6 Å². The molecule has 0 bridgehead atoms. The van der Waals surface area contributed by atoms with Crippen LogP contribution in [0.2, 0.25) is 0 Å². The normalized spacial score (nSPS) is 11.4. The van der Waals surface area contributed by atoms with E-state index in [-0.39, 0.29) is 5.97 Å². The summed E-state index contributed by atoms with van der Waals surface area (Å²) in [4.78, 5) is 11.3.